The molecule has 92 valence electrons. The van der Waals surface area contributed by atoms with Crippen LogP contribution in [-0.2, 0) is 0 Å². The summed E-state index contributed by atoms with van der Waals surface area (Å²) in [7, 11) is 0. The van der Waals surface area contributed by atoms with Crippen molar-refractivity contribution in [3.63, 3.8) is 0 Å². The van der Waals surface area contributed by atoms with Crippen LogP contribution in [0.1, 0.15) is 25.8 Å². The van der Waals surface area contributed by atoms with Crippen LogP contribution < -0.4 is 0 Å². The zero-order valence-electron chi connectivity index (χ0n) is 10.8. The van der Waals surface area contributed by atoms with Gasteiger partial charge in [-0.15, -0.1) is 0 Å². The Balaban J connectivity index is 2.89. The zero-order chi connectivity index (χ0) is 13.4. The van der Waals surface area contributed by atoms with Crippen molar-refractivity contribution in [1.29, 1.82) is 0 Å². The van der Waals surface area contributed by atoms with Gasteiger partial charge in [-0.1, -0.05) is 49.1 Å². The number of hydrogen-bond donors (Lipinski definition) is 0. The lowest BCUT2D eigenvalue weighted by molar-refractivity contribution is 0.717. The van der Waals surface area contributed by atoms with Gasteiger partial charge in [0, 0.05) is 5.56 Å². The van der Waals surface area contributed by atoms with Crippen LogP contribution in [0.5, 0.6) is 0 Å². The third-order valence-corrected chi connectivity index (χ3v) is 2.60. The average Bonchev–Trinajstić information content (AvgIpc) is 2.43. The Morgan fingerprint density at radius 3 is 2.56 bits per heavy atom. The van der Waals surface area contributed by atoms with Crippen LogP contribution in [-0.4, -0.2) is 0 Å². The molecular formula is C17H17F. The first kappa shape index (κ1) is 14.0. The van der Waals surface area contributed by atoms with E-state index in [1.54, 1.807) is 6.08 Å². The lowest BCUT2D eigenvalue weighted by atomic mass is 10.0. The molecule has 0 heterocycles. The number of hydrogen-bond acceptors (Lipinski definition) is 0. The number of halogens is 1. The van der Waals surface area contributed by atoms with Gasteiger partial charge in [0.1, 0.15) is 6.33 Å². The fraction of sp³-hybridized carbons (Fsp3) is 0.176. The van der Waals surface area contributed by atoms with Crippen molar-refractivity contribution < 1.29 is 4.39 Å². The van der Waals surface area contributed by atoms with Gasteiger partial charge in [-0.05, 0) is 37.1 Å². The molecule has 0 saturated heterocycles. The van der Waals surface area contributed by atoms with Gasteiger partial charge >= 0.3 is 0 Å². The fourth-order valence-corrected chi connectivity index (χ4v) is 1.37. The molecule has 0 atom stereocenters. The topological polar surface area (TPSA) is 0 Å². The van der Waals surface area contributed by atoms with E-state index in [0.717, 1.165) is 23.1 Å². The summed E-state index contributed by atoms with van der Waals surface area (Å²) >= 11 is 0. The van der Waals surface area contributed by atoms with E-state index < -0.39 is 0 Å². The van der Waals surface area contributed by atoms with Crippen LogP contribution >= 0.6 is 0 Å². The molecule has 0 bridgehead atoms. The molecule has 0 saturated carbocycles. The molecule has 0 amide bonds. The summed E-state index contributed by atoms with van der Waals surface area (Å²) in [5.74, 6) is 5.74. The first-order valence-corrected chi connectivity index (χ1v) is 5.91. The molecule has 0 aromatic heterocycles. The van der Waals surface area contributed by atoms with E-state index in [1.165, 1.54) is 0 Å². The highest BCUT2D eigenvalue weighted by Gasteiger charge is 1.95. The van der Waals surface area contributed by atoms with Crippen molar-refractivity contribution in [3.05, 3.63) is 71.6 Å². The molecule has 18 heavy (non-hydrogen) atoms. The molecule has 1 heteroatoms. The maximum Gasteiger partial charge on any atom is 0.102 e. The van der Waals surface area contributed by atoms with Crippen LogP contribution in [0, 0.1) is 11.8 Å². The minimum atomic E-state index is 0.367. The van der Waals surface area contributed by atoms with E-state index in [2.05, 4.69) is 18.4 Å². The third-order valence-electron chi connectivity index (χ3n) is 2.60. The molecular weight excluding hydrogens is 223 g/mol. The first-order valence-electron chi connectivity index (χ1n) is 5.91. The van der Waals surface area contributed by atoms with Crippen molar-refractivity contribution in [2.45, 2.75) is 20.3 Å². The van der Waals surface area contributed by atoms with Gasteiger partial charge in [0.05, 0.1) is 5.57 Å². The van der Waals surface area contributed by atoms with Crippen LogP contribution in [0.4, 0.5) is 4.39 Å². The number of benzene rings is 1. The monoisotopic (exact) mass is 240 g/mol. The van der Waals surface area contributed by atoms with Crippen molar-refractivity contribution in [1.82, 2.24) is 0 Å². The molecule has 0 fully saturated rings. The molecule has 0 spiro atoms. The van der Waals surface area contributed by atoms with E-state index in [4.69, 9.17) is 0 Å². The molecule has 0 aliphatic carbocycles. The SMILES string of the molecule is C=C(CC)/C(C)=C\C(C#Cc1ccccc1)=C/F. The highest BCUT2D eigenvalue weighted by Crippen LogP contribution is 2.13. The highest BCUT2D eigenvalue weighted by atomic mass is 19.1. The Hall–Kier alpha value is -2.07. The Bertz CT molecular complexity index is 522. The summed E-state index contributed by atoms with van der Waals surface area (Å²) in [4.78, 5) is 0. The average molecular weight is 240 g/mol. The van der Waals surface area contributed by atoms with Crippen molar-refractivity contribution in [2.75, 3.05) is 0 Å². The quantitative estimate of drug-likeness (QED) is 0.525. The van der Waals surface area contributed by atoms with E-state index in [0.29, 0.717) is 11.9 Å². The highest BCUT2D eigenvalue weighted by molar-refractivity contribution is 5.47. The number of rotatable bonds is 3. The Labute approximate surface area is 109 Å². The smallest absolute Gasteiger partial charge is 0.102 e. The van der Waals surface area contributed by atoms with Gasteiger partial charge < -0.3 is 0 Å². The predicted molar refractivity (Wildman–Crippen MR) is 75.7 cm³/mol. The molecule has 0 nitrogen and oxygen atoms in total. The lowest BCUT2D eigenvalue weighted by Crippen LogP contribution is -1.83. The van der Waals surface area contributed by atoms with E-state index in [1.807, 2.05) is 44.2 Å². The molecule has 1 rings (SSSR count). The molecule has 0 aliphatic heterocycles. The third kappa shape index (κ3) is 4.43. The normalized spacial score (nSPS) is 11.7. The molecule has 0 radical (unpaired) electrons. The van der Waals surface area contributed by atoms with Gasteiger partial charge in [-0.3, -0.25) is 0 Å². The minimum Gasteiger partial charge on any atom is -0.214 e. The van der Waals surface area contributed by atoms with Gasteiger partial charge in [0.25, 0.3) is 0 Å². The summed E-state index contributed by atoms with van der Waals surface area (Å²) in [5, 5.41) is 0. The summed E-state index contributed by atoms with van der Waals surface area (Å²) in [6, 6.07) is 9.52. The van der Waals surface area contributed by atoms with Crippen molar-refractivity contribution >= 4 is 0 Å². The van der Waals surface area contributed by atoms with E-state index in [-0.39, 0.29) is 0 Å². The first-order chi connectivity index (χ1) is 8.67. The van der Waals surface area contributed by atoms with E-state index >= 15 is 0 Å². The van der Waals surface area contributed by atoms with Gasteiger partial charge in [-0.25, -0.2) is 4.39 Å². The largest absolute Gasteiger partial charge is 0.214 e. The van der Waals surface area contributed by atoms with Crippen LogP contribution in [0.3, 0.4) is 0 Å². The zero-order valence-corrected chi connectivity index (χ0v) is 10.8. The summed E-state index contributed by atoms with van der Waals surface area (Å²) in [5.41, 5.74) is 3.20. The summed E-state index contributed by atoms with van der Waals surface area (Å²) in [6.45, 7) is 7.85. The molecule has 0 unspecified atom stereocenters. The molecule has 1 aromatic carbocycles. The van der Waals surface area contributed by atoms with Crippen LogP contribution in [0.15, 0.2) is 66.0 Å². The van der Waals surface area contributed by atoms with Crippen molar-refractivity contribution in [3.8, 4) is 11.8 Å². The second-order valence-electron chi connectivity index (χ2n) is 3.96. The van der Waals surface area contributed by atoms with Gasteiger partial charge in [0.2, 0.25) is 0 Å². The molecule has 0 aliphatic rings. The minimum absolute atomic E-state index is 0.367. The van der Waals surface area contributed by atoms with Gasteiger partial charge in [0.15, 0.2) is 0 Å². The van der Waals surface area contributed by atoms with Crippen molar-refractivity contribution in [2.24, 2.45) is 0 Å². The standard InChI is InChI=1S/C17H17F/c1-4-14(2)15(3)12-17(13-18)11-10-16-8-6-5-7-9-16/h5-9,12-13H,2,4H2,1,3H3/b15-12-,17-13-. The van der Waals surface area contributed by atoms with Crippen LogP contribution in [0.2, 0.25) is 0 Å². The predicted octanol–water partition coefficient (Wildman–Crippen LogP) is 4.80. The second kappa shape index (κ2) is 7.29. The van der Waals surface area contributed by atoms with Crippen LogP contribution in [0.25, 0.3) is 0 Å². The molecule has 1 aromatic rings. The molecule has 0 N–H and O–H groups in total. The maximum atomic E-state index is 12.7. The van der Waals surface area contributed by atoms with Gasteiger partial charge in [-0.2, -0.15) is 0 Å². The number of allylic oxidation sites excluding steroid dienone is 4. The second-order valence-corrected chi connectivity index (χ2v) is 3.96. The van der Waals surface area contributed by atoms with E-state index in [9.17, 15) is 4.39 Å². The summed E-state index contributed by atoms with van der Waals surface area (Å²) < 4.78 is 12.7. The lowest BCUT2D eigenvalue weighted by Gasteiger charge is -2.01. The Morgan fingerprint density at radius 2 is 2.00 bits per heavy atom. The fourth-order valence-electron chi connectivity index (χ4n) is 1.37. The Kier molecular flexibility index (Phi) is 5.67. The summed E-state index contributed by atoms with van der Waals surface area (Å²) in [6.07, 6.45) is 3.11. The Morgan fingerprint density at radius 1 is 1.33 bits per heavy atom. The maximum absolute atomic E-state index is 12.7.